The Bertz CT molecular complexity index is 863. The molecule has 21 heavy (non-hydrogen) atoms. The number of aryl methyl sites for hydroxylation is 1. The summed E-state index contributed by atoms with van der Waals surface area (Å²) in [5.41, 5.74) is -0.786. The molecule has 2 aromatic heterocycles. The molecule has 0 aliphatic rings. The van der Waals surface area contributed by atoms with Gasteiger partial charge in [0, 0.05) is 45.6 Å². The molecule has 9 nitrogen and oxygen atoms in total. The van der Waals surface area contributed by atoms with Crippen molar-refractivity contribution in [1.29, 1.82) is 0 Å². The van der Waals surface area contributed by atoms with Gasteiger partial charge < -0.3 is 4.57 Å². The predicted molar refractivity (Wildman–Crippen MR) is 74.2 cm³/mol. The fourth-order valence-corrected chi connectivity index (χ4v) is 2.93. The number of sulfonamides is 1. The van der Waals surface area contributed by atoms with Crippen LogP contribution >= 0.6 is 0 Å². The van der Waals surface area contributed by atoms with Crippen molar-refractivity contribution < 1.29 is 8.42 Å². The molecule has 0 radical (unpaired) electrons. The van der Waals surface area contributed by atoms with E-state index >= 15 is 0 Å². The highest BCUT2D eigenvalue weighted by atomic mass is 32.2. The molecule has 0 aliphatic heterocycles. The molecule has 0 unspecified atom stereocenters. The molecule has 0 bridgehead atoms. The molecule has 0 aliphatic carbocycles. The number of aromatic nitrogens is 4. The molecule has 0 amide bonds. The lowest BCUT2D eigenvalue weighted by molar-refractivity contribution is 0.460. The van der Waals surface area contributed by atoms with Crippen molar-refractivity contribution in [3.8, 4) is 0 Å². The zero-order chi connectivity index (χ0) is 15.8. The Kier molecular flexibility index (Phi) is 3.83. The predicted octanol–water partition coefficient (Wildman–Crippen LogP) is -1.37. The average Bonchev–Trinajstić information content (AvgIpc) is 2.97. The van der Waals surface area contributed by atoms with Crippen LogP contribution in [0.2, 0.25) is 0 Å². The lowest BCUT2D eigenvalue weighted by atomic mass is 10.3. The monoisotopic (exact) mass is 313 g/mol. The maximum atomic E-state index is 12.2. The fraction of sp³-hybridized carbons (Fsp3) is 0.364. The highest BCUT2D eigenvalue weighted by Crippen LogP contribution is 2.13. The van der Waals surface area contributed by atoms with E-state index in [1.54, 1.807) is 0 Å². The Hall–Kier alpha value is -2.20. The highest BCUT2D eigenvalue weighted by molar-refractivity contribution is 7.89. The van der Waals surface area contributed by atoms with E-state index in [1.165, 1.54) is 44.3 Å². The van der Waals surface area contributed by atoms with Crippen molar-refractivity contribution in [1.82, 2.24) is 23.6 Å². The first kappa shape index (κ1) is 15.2. The summed E-state index contributed by atoms with van der Waals surface area (Å²) in [5.74, 6) is 0. The second-order valence-corrected chi connectivity index (χ2v) is 6.65. The summed E-state index contributed by atoms with van der Waals surface area (Å²) in [6.07, 6.45) is 3.78. The van der Waals surface area contributed by atoms with Gasteiger partial charge in [-0.15, -0.1) is 0 Å². The molecule has 10 heteroatoms. The van der Waals surface area contributed by atoms with E-state index in [2.05, 4.69) is 10.2 Å². The van der Waals surface area contributed by atoms with Crippen LogP contribution in [0.1, 0.15) is 5.56 Å². The minimum atomic E-state index is -3.74. The van der Waals surface area contributed by atoms with Gasteiger partial charge in [-0.2, -0.15) is 9.40 Å². The first-order valence-corrected chi connectivity index (χ1v) is 7.40. The third-order valence-electron chi connectivity index (χ3n) is 3.09. The first-order chi connectivity index (χ1) is 9.75. The fourth-order valence-electron chi connectivity index (χ4n) is 1.88. The van der Waals surface area contributed by atoms with Crippen LogP contribution < -0.4 is 11.2 Å². The molecule has 0 spiro atoms. The minimum Gasteiger partial charge on any atom is -0.303 e. The van der Waals surface area contributed by atoms with Crippen molar-refractivity contribution >= 4 is 10.0 Å². The second-order valence-electron chi connectivity index (χ2n) is 4.61. The maximum Gasteiger partial charge on any atom is 0.330 e. The third kappa shape index (κ3) is 2.67. The molecule has 0 saturated heterocycles. The summed E-state index contributed by atoms with van der Waals surface area (Å²) >= 11 is 0. The van der Waals surface area contributed by atoms with Gasteiger partial charge in [0.05, 0.1) is 6.20 Å². The third-order valence-corrected chi connectivity index (χ3v) is 4.86. The van der Waals surface area contributed by atoms with Gasteiger partial charge in [0.2, 0.25) is 10.0 Å². The molecule has 0 atom stereocenters. The molecule has 0 fully saturated rings. The summed E-state index contributed by atoms with van der Waals surface area (Å²) in [6.45, 7) is -0.145. The Balaban J connectivity index is 2.40. The van der Waals surface area contributed by atoms with Gasteiger partial charge in [-0.3, -0.25) is 14.5 Å². The van der Waals surface area contributed by atoms with Gasteiger partial charge in [0.25, 0.3) is 5.56 Å². The van der Waals surface area contributed by atoms with Crippen molar-refractivity contribution in [3.63, 3.8) is 0 Å². The molecule has 0 saturated carbocycles. The zero-order valence-electron chi connectivity index (χ0n) is 11.8. The minimum absolute atomic E-state index is 0.00615. The number of hydrogen-bond donors (Lipinski definition) is 1. The van der Waals surface area contributed by atoms with Gasteiger partial charge in [0.1, 0.15) is 4.90 Å². The van der Waals surface area contributed by atoms with Crippen molar-refractivity contribution in [2.24, 2.45) is 14.1 Å². The Morgan fingerprint density at radius 1 is 1.33 bits per heavy atom. The van der Waals surface area contributed by atoms with Crippen molar-refractivity contribution in [2.45, 2.75) is 11.4 Å². The van der Waals surface area contributed by atoms with E-state index in [0.29, 0.717) is 0 Å². The highest BCUT2D eigenvalue weighted by Gasteiger charge is 2.23. The van der Waals surface area contributed by atoms with E-state index in [9.17, 15) is 18.0 Å². The van der Waals surface area contributed by atoms with Crippen LogP contribution in [0.3, 0.4) is 0 Å². The summed E-state index contributed by atoms with van der Waals surface area (Å²) in [4.78, 5) is 23.6. The summed E-state index contributed by atoms with van der Waals surface area (Å²) in [5, 5.41) is 6.02. The molecule has 2 aromatic rings. The standard InChI is InChI=1S/C11H15N5O4S/c1-14-6-8(10(17)16(3)11(14)18)7-15(2)21(19,20)9-4-12-13-5-9/h4-6H,7H2,1-3H3,(H,12,13). The lowest BCUT2D eigenvalue weighted by Crippen LogP contribution is -2.40. The zero-order valence-corrected chi connectivity index (χ0v) is 12.6. The molecule has 2 rings (SSSR count). The van der Waals surface area contributed by atoms with Crippen LogP contribution in [0.5, 0.6) is 0 Å². The average molecular weight is 313 g/mol. The molecule has 0 aromatic carbocycles. The van der Waals surface area contributed by atoms with Crippen LogP contribution in [0.25, 0.3) is 0 Å². The van der Waals surface area contributed by atoms with Gasteiger partial charge >= 0.3 is 5.69 Å². The normalized spacial score (nSPS) is 12.0. The first-order valence-electron chi connectivity index (χ1n) is 5.96. The van der Waals surface area contributed by atoms with Gasteiger partial charge in [-0.1, -0.05) is 0 Å². The number of rotatable bonds is 4. The smallest absolute Gasteiger partial charge is 0.303 e. The number of hydrogen-bond acceptors (Lipinski definition) is 5. The Labute approximate surface area is 120 Å². The quantitative estimate of drug-likeness (QED) is 0.748. The lowest BCUT2D eigenvalue weighted by Gasteiger charge is -2.16. The van der Waals surface area contributed by atoms with Crippen molar-refractivity contribution in [2.75, 3.05) is 7.05 Å². The van der Waals surface area contributed by atoms with Crippen molar-refractivity contribution in [3.05, 3.63) is 45.0 Å². The summed E-state index contributed by atoms with van der Waals surface area (Å²) in [7, 11) is 0.454. The van der Waals surface area contributed by atoms with E-state index in [0.717, 1.165) is 8.87 Å². The van der Waals surface area contributed by atoms with Gasteiger partial charge in [-0.05, 0) is 0 Å². The van der Waals surface area contributed by atoms with Crippen LogP contribution in [0, 0.1) is 0 Å². The maximum absolute atomic E-state index is 12.2. The summed E-state index contributed by atoms with van der Waals surface area (Å²) < 4.78 is 27.7. The second kappa shape index (κ2) is 5.30. The van der Waals surface area contributed by atoms with E-state index in [-0.39, 0.29) is 17.0 Å². The Morgan fingerprint density at radius 2 is 2.00 bits per heavy atom. The van der Waals surface area contributed by atoms with E-state index in [1.807, 2.05) is 0 Å². The summed E-state index contributed by atoms with van der Waals surface area (Å²) in [6, 6.07) is 0. The van der Waals surface area contributed by atoms with Crippen LogP contribution in [0.4, 0.5) is 0 Å². The van der Waals surface area contributed by atoms with Gasteiger partial charge in [-0.25, -0.2) is 13.2 Å². The molecule has 2 heterocycles. The SMILES string of the molecule is CN(Cc1cn(C)c(=O)n(C)c1=O)S(=O)(=O)c1cn[nH]c1. The van der Waals surface area contributed by atoms with E-state index in [4.69, 9.17) is 0 Å². The molecular formula is C11H15N5O4S. The molecular weight excluding hydrogens is 298 g/mol. The molecule has 1 N–H and O–H groups in total. The Morgan fingerprint density at radius 3 is 2.57 bits per heavy atom. The number of aromatic amines is 1. The van der Waals surface area contributed by atoms with Gasteiger partial charge in [0.15, 0.2) is 0 Å². The van der Waals surface area contributed by atoms with Crippen LogP contribution in [0.15, 0.2) is 33.1 Å². The van der Waals surface area contributed by atoms with Crippen LogP contribution in [-0.4, -0.2) is 39.1 Å². The number of nitrogens with one attached hydrogen (secondary N) is 1. The number of H-pyrrole nitrogens is 1. The number of nitrogens with zero attached hydrogens (tertiary/aromatic N) is 4. The van der Waals surface area contributed by atoms with E-state index < -0.39 is 21.3 Å². The largest absolute Gasteiger partial charge is 0.330 e. The van der Waals surface area contributed by atoms with Crippen LogP contribution in [-0.2, 0) is 30.7 Å². The topological polar surface area (TPSA) is 110 Å². The molecule has 114 valence electrons.